The molecule has 0 radical (unpaired) electrons. The van der Waals surface area contributed by atoms with Gasteiger partial charge in [0.25, 0.3) is 0 Å². The fourth-order valence-electron chi connectivity index (χ4n) is 2.16. The molecule has 1 amide bonds. The average Bonchev–Trinajstić information content (AvgIpc) is 2.50. The molecule has 0 atom stereocenters. The number of anilines is 1. The van der Waals surface area contributed by atoms with E-state index in [2.05, 4.69) is 24.5 Å². The van der Waals surface area contributed by atoms with Crippen LogP contribution in [0.3, 0.4) is 0 Å². The summed E-state index contributed by atoms with van der Waals surface area (Å²) >= 11 is 12.0. The second-order valence-electron chi connectivity index (χ2n) is 5.49. The predicted molar refractivity (Wildman–Crippen MR) is 97.6 cm³/mol. The lowest BCUT2D eigenvalue weighted by Crippen LogP contribution is -2.31. The smallest absolute Gasteiger partial charge is 0.239 e. The number of aryl methyl sites for hydroxylation is 2. The van der Waals surface area contributed by atoms with Crippen LogP contribution >= 0.6 is 23.2 Å². The molecule has 2 rings (SSSR count). The van der Waals surface area contributed by atoms with E-state index in [1.165, 1.54) is 11.1 Å². The zero-order chi connectivity index (χ0) is 16.8. The molecule has 2 N–H and O–H groups in total. The predicted octanol–water partition coefficient (Wildman–Crippen LogP) is 4.38. The van der Waals surface area contributed by atoms with Gasteiger partial charge >= 0.3 is 0 Å². The fourth-order valence-corrected chi connectivity index (χ4v) is 2.66. The van der Waals surface area contributed by atoms with Gasteiger partial charge < -0.3 is 10.6 Å². The second kappa shape index (κ2) is 8.23. The molecule has 0 heterocycles. The zero-order valence-electron chi connectivity index (χ0n) is 13.2. The Kier molecular flexibility index (Phi) is 6.31. The zero-order valence-corrected chi connectivity index (χ0v) is 14.8. The van der Waals surface area contributed by atoms with Crippen molar-refractivity contribution in [3.63, 3.8) is 0 Å². The first-order chi connectivity index (χ1) is 11.0. The van der Waals surface area contributed by atoms with Crippen LogP contribution in [-0.2, 0) is 11.2 Å². The van der Waals surface area contributed by atoms with E-state index in [0.717, 1.165) is 11.3 Å². The molecule has 3 nitrogen and oxygen atoms in total. The molecule has 0 aliphatic carbocycles. The number of amides is 1. The highest BCUT2D eigenvalue weighted by Gasteiger charge is 2.04. The summed E-state index contributed by atoms with van der Waals surface area (Å²) in [4.78, 5) is 11.9. The Morgan fingerprint density at radius 1 is 1.04 bits per heavy atom. The minimum Gasteiger partial charge on any atom is -0.376 e. The van der Waals surface area contributed by atoms with Gasteiger partial charge in [0.1, 0.15) is 0 Å². The molecule has 122 valence electrons. The minimum atomic E-state index is -0.0479. The van der Waals surface area contributed by atoms with Crippen LogP contribution in [-0.4, -0.2) is 19.0 Å². The van der Waals surface area contributed by atoms with Gasteiger partial charge in [-0.1, -0.05) is 35.3 Å². The molecule has 0 bridgehead atoms. The van der Waals surface area contributed by atoms with Crippen molar-refractivity contribution < 1.29 is 4.79 Å². The molecule has 0 unspecified atom stereocenters. The molecule has 0 aliphatic rings. The molecule has 2 aromatic carbocycles. The van der Waals surface area contributed by atoms with Crippen molar-refractivity contribution in [1.82, 2.24) is 5.32 Å². The third kappa shape index (κ3) is 5.45. The third-order valence-corrected chi connectivity index (χ3v) is 4.28. The maximum Gasteiger partial charge on any atom is 0.239 e. The molecule has 23 heavy (non-hydrogen) atoms. The van der Waals surface area contributed by atoms with Crippen LogP contribution in [0.25, 0.3) is 0 Å². The number of hydrogen-bond donors (Lipinski definition) is 2. The number of rotatable bonds is 6. The van der Waals surface area contributed by atoms with E-state index in [1.807, 2.05) is 24.3 Å². The number of hydrogen-bond acceptors (Lipinski definition) is 2. The average molecular weight is 351 g/mol. The first kappa shape index (κ1) is 17.6. The normalized spacial score (nSPS) is 10.4. The summed E-state index contributed by atoms with van der Waals surface area (Å²) in [5.74, 6) is -0.0479. The molecular weight excluding hydrogens is 331 g/mol. The van der Waals surface area contributed by atoms with Crippen molar-refractivity contribution in [3.8, 4) is 0 Å². The number of halogens is 2. The van der Waals surface area contributed by atoms with Gasteiger partial charge in [-0.25, -0.2) is 0 Å². The van der Waals surface area contributed by atoms with E-state index < -0.39 is 0 Å². The van der Waals surface area contributed by atoms with Crippen molar-refractivity contribution >= 4 is 34.8 Å². The summed E-state index contributed by atoms with van der Waals surface area (Å²) in [6, 6.07) is 11.4. The largest absolute Gasteiger partial charge is 0.376 e. The number of carbonyl (C=O) groups excluding carboxylic acids is 1. The fraction of sp³-hybridized carbons (Fsp3) is 0.278. The van der Waals surface area contributed by atoms with Gasteiger partial charge in [-0.15, -0.1) is 0 Å². The Morgan fingerprint density at radius 3 is 2.52 bits per heavy atom. The van der Waals surface area contributed by atoms with Gasteiger partial charge in [0.05, 0.1) is 6.54 Å². The van der Waals surface area contributed by atoms with Crippen LogP contribution in [0, 0.1) is 13.8 Å². The summed E-state index contributed by atoms with van der Waals surface area (Å²) in [5.41, 5.74) is 4.36. The summed E-state index contributed by atoms with van der Waals surface area (Å²) in [5, 5.41) is 7.24. The van der Waals surface area contributed by atoms with Gasteiger partial charge in [0.2, 0.25) is 5.91 Å². The van der Waals surface area contributed by atoms with Crippen LogP contribution in [0.15, 0.2) is 36.4 Å². The van der Waals surface area contributed by atoms with Crippen molar-refractivity contribution in [2.45, 2.75) is 20.3 Å². The molecule has 0 aliphatic heterocycles. The lowest BCUT2D eigenvalue weighted by atomic mass is 10.1. The van der Waals surface area contributed by atoms with E-state index in [-0.39, 0.29) is 12.5 Å². The Balaban J connectivity index is 1.75. The lowest BCUT2D eigenvalue weighted by molar-refractivity contribution is -0.119. The summed E-state index contributed by atoms with van der Waals surface area (Å²) in [6.07, 6.45) is 0.672. The van der Waals surface area contributed by atoms with Crippen molar-refractivity contribution in [2.24, 2.45) is 0 Å². The van der Waals surface area contributed by atoms with E-state index >= 15 is 0 Å². The highest BCUT2D eigenvalue weighted by Crippen LogP contribution is 2.21. The molecule has 0 spiro atoms. The van der Waals surface area contributed by atoms with E-state index in [0.29, 0.717) is 23.0 Å². The van der Waals surface area contributed by atoms with Crippen LogP contribution in [0.2, 0.25) is 10.0 Å². The Hall–Kier alpha value is -1.71. The van der Waals surface area contributed by atoms with Gasteiger partial charge in [-0.05, 0) is 61.2 Å². The van der Waals surface area contributed by atoms with E-state index in [1.54, 1.807) is 12.1 Å². The van der Waals surface area contributed by atoms with Gasteiger partial charge in [0, 0.05) is 22.3 Å². The van der Waals surface area contributed by atoms with Gasteiger partial charge in [-0.2, -0.15) is 0 Å². The summed E-state index contributed by atoms with van der Waals surface area (Å²) in [7, 11) is 0. The molecule has 2 aromatic rings. The number of benzene rings is 2. The van der Waals surface area contributed by atoms with Crippen molar-refractivity contribution in [3.05, 3.63) is 63.1 Å². The van der Waals surface area contributed by atoms with Crippen molar-refractivity contribution in [2.75, 3.05) is 18.4 Å². The minimum absolute atomic E-state index is 0.0479. The first-order valence-corrected chi connectivity index (χ1v) is 8.23. The van der Waals surface area contributed by atoms with Crippen molar-refractivity contribution in [1.29, 1.82) is 0 Å². The molecule has 0 fully saturated rings. The maximum absolute atomic E-state index is 11.9. The monoisotopic (exact) mass is 350 g/mol. The summed E-state index contributed by atoms with van der Waals surface area (Å²) in [6.45, 7) is 4.90. The van der Waals surface area contributed by atoms with E-state index in [9.17, 15) is 4.79 Å². The molecular formula is C18H20Cl2N2O. The molecule has 0 saturated heterocycles. The van der Waals surface area contributed by atoms with Gasteiger partial charge in [0.15, 0.2) is 0 Å². The Morgan fingerprint density at radius 2 is 1.83 bits per heavy atom. The number of carbonyl (C=O) groups is 1. The Bertz CT molecular complexity index is 701. The number of nitrogens with one attached hydrogen (secondary N) is 2. The highest BCUT2D eigenvalue weighted by molar-refractivity contribution is 6.35. The van der Waals surface area contributed by atoms with Crippen LogP contribution in [0.1, 0.15) is 16.7 Å². The maximum atomic E-state index is 11.9. The van der Waals surface area contributed by atoms with Gasteiger partial charge in [-0.3, -0.25) is 4.79 Å². The standard InChI is InChI=1S/C18H20Cl2N2O/c1-12-3-6-16(9-13(12)2)22-11-18(23)21-8-7-14-4-5-15(19)10-17(14)20/h3-6,9-10,22H,7-8,11H2,1-2H3,(H,21,23). The van der Waals surface area contributed by atoms with Crippen LogP contribution in [0.4, 0.5) is 5.69 Å². The van der Waals surface area contributed by atoms with Crippen LogP contribution < -0.4 is 10.6 Å². The second-order valence-corrected chi connectivity index (χ2v) is 6.33. The third-order valence-electron chi connectivity index (χ3n) is 3.69. The topological polar surface area (TPSA) is 41.1 Å². The first-order valence-electron chi connectivity index (χ1n) is 7.47. The molecule has 0 aromatic heterocycles. The quantitative estimate of drug-likeness (QED) is 0.811. The molecule has 0 saturated carbocycles. The van der Waals surface area contributed by atoms with E-state index in [4.69, 9.17) is 23.2 Å². The lowest BCUT2D eigenvalue weighted by Gasteiger charge is -2.10. The highest BCUT2D eigenvalue weighted by atomic mass is 35.5. The van der Waals surface area contributed by atoms with Crippen LogP contribution in [0.5, 0.6) is 0 Å². The summed E-state index contributed by atoms with van der Waals surface area (Å²) < 4.78 is 0. The SMILES string of the molecule is Cc1ccc(NCC(=O)NCCc2ccc(Cl)cc2Cl)cc1C. The molecule has 5 heteroatoms. The Labute approximate surface area is 147 Å².